The Labute approximate surface area is 190 Å². The Bertz CT molecular complexity index is 1130. The molecule has 3 heterocycles. The van der Waals surface area contributed by atoms with Crippen molar-refractivity contribution in [2.24, 2.45) is 0 Å². The summed E-state index contributed by atoms with van der Waals surface area (Å²) in [6.07, 6.45) is 0.892. The molecule has 1 aromatic heterocycles. The lowest BCUT2D eigenvalue weighted by atomic mass is 10.1. The SMILES string of the molecule is O=C(N[C@H]1CO[C@H]2[C@@H]1OC[C@@H]2NC(=O)c1ccccn1)c1cccc(Oc2ccccc2)c1. The summed E-state index contributed by atoms with van der Waals surface area (Å²) in [4.78, 5) is 29.4. The predicted molar refractivity (Wildman–Crippen MR) is 119 cm³/mol. The van der Waals surface area contributed by atoms with Crippen LogP contribution in [0.25, 0.3) is 0 Å². The fourth-order valence-electron chi connectivity index (χ4n) is 4.06. The lowest BCUT2D eigenvalue weighted by Gasteiger charge is -2.18. The molecule has 2 N–H and O–H groups in total. The first-order chi connectivity index (χ1) is 16.2. The van der Waals surface area contributed by atoms with E-state index in [1.165, 1.54) is 0 Å². The van der Waals surface area contributed by atoms with Gasteiger partial charge < -0.3 is 24.8 Å². The zero-order valence-electron chi connectivity index (χ0n) is 17.7. The largest absolute Gasteiger partial charge is 0.457 e. The molecule has 2 aliphatic rings. The summed E-state index contributed by atoms with van der Waals surface area (Å²) in [6.45, 7) is 0.609. The van der Waals surface area contributed by atoms with Crippen molar-refractivity contribution < 1.29 is 23.8 Å². The Morgan fingerprint density at radius 3 is 2.15 bits per heavy atom. The van der Waals surface area contributed by atoms with Crippen molar-refractivity contribution in [2.45, 2.75) is 24.3 Å². The van der Waals surface area contributed by atoms with E-state index in [4.69, 9.17) is 14.2 Å². The molecule has 0 saturated carbocycles. The van der Waals surface area contributed by atoms with Crippen molar-refractivity contribution >= 4 is 11.8 Å². The van der Waals surface area contributed by atoms with E-state index in [2.05, 4.69) is 15.6 Å². The first kappa shape index (κ1) is 21.1. The minimum Gasteiger partial charge on any atom is -0.457 e. The highest BCUT2D eigenvalue weighted by Gasteiger charge is 2.48. The van der Waals surface area contributed by atoms with E-state index >= 15 is 0 Å². The van der Waals surface area contributed by atoms with Crippen LogP contribution in [-0.4, -0.2) is 54.3 Å². The van der Waals surface area contributed by atoms with Crippen molar-refractivity contribution in [1.82, 2.24) is 15.6 Å². The van der Waals surface area contributed by atoms with Crippen LogP contribution in [0, 0.1) is 0 Å². The van der Waals surface area contributed by atoms with Gasteiger partial charge in [0, 0.05) is 11.8 Å². The number of carbonyl (C=O) groups is 2. The fourth-order valence-corrected chi connectivity index (χ4v) is 4.06. The highest BCUT2D eigenvalue weighted by molar-refractivity contribution is 5.95. The lowest BCUT2D eigenvalue weighted by Crippen LogP contribution is -2.47. The average Bonchev–Trinajstić information content (AvgIpc) is 3.44. The van der Waals surface area contributed by atoms with E-state index in [0.29, 0.717) is 36.0 Å². The number of fused-ring (bicyclic) bond motifs is 1. The van der Waals surface area contributed by atoms with E-state index in [0.717, 1.165) is 0 Å². The van der Waals surface area contributed by atoms with E-state index in [9.17, 15) is 9.59 Å². The van der Waals surface area contributed by atoms with E-state index < -0.39 is 0 Å². The zero-order valence-corrected chi connectivity index (χ0v) is 17.7. The number of benzene rings is 2. The summed E-state index contributed by atoms with van der Waals surface area (Å²) < 4.78 is 17.6. The molecule has 5 rings (SSSR count). The summed E-state index contributed by atoms with van der Waals surface area (Å²) in [6, 6.07) is 20.9. The Balaban J connectivity index is 1.19. The van der Waals surface area contributed by atoms with Gasteiger partial charge in [-0.15, -0.1) is 0 Å². The molecule has 2 aliphatic heterocycles. The second-order valence-electron chi connectivity index (χ2n) is 7.91. The topological polar surface area (TPSA) is 98.8 Å². The molecule has 0 bridgehead atoms. The summed E-state index contributed by atoms with van der Waals surface area (Å²) in [5.74, 6) is 0.743. The number of hydrogen-bond acceptors (Lipinski definition) is 6. The minimum absolute atomic E-state index is 0.243. The van der Waals surface area contributed by atoms with E-state index in [-0.39, 0.29) is 36.1 Å². The molecule has 0 radical (unpaired) electrons. The molecule has 2 aromatic carbocycles. The maximum absolute atomic E-state index is 12.9. The second kappa shape index (κ2) is 9.40. The number of ether oxygens (including phenoxy) is 3. The molecule has 2 amide bonds. The fraction of sp³-hybridized carbons (Fsp3) is 0.240. The number of amides is 2. The summed E-state index contributed by atoms with van der Waals surface area (Å²) in [5, 5.41) is 5.92. The van der Waals surface area contributed by atoms with Gasteiger partial charge in [-0.05, 0) is 42.5 Å². The van der Waals surface area contributed by atoms with Gasteiger partial charge in [0.05, 0.1) is 25.3 Å². The standard InChI is InChI=1S/C25H23N3O5/c29-24(16-7-6-10-18(13-16)33-17-8-2-1-3-9-17)27-20-14-31-23-21(15-32-22(20)23)28-25(30)19-11-4-5-12-26-19/h1-13,20-23H,14-15H2,(H,27,29)(H,28,30)/t20-,21-,22+,23+/m0/s1. The maximum atomic E-state index is 12.9. The Kier molecular flexibility index (Phi) is 6.01. The van der Waals surface area contributed by atoms with Gasteiger partial charge in [0.25, 0.3) is 11.8 Å². The summed E-state index contributed by atoms with van der Waals surface area (Å²) in [5.41, 5.74) is 0.811. The highest BCUT2D eigenvalue weighted by Crippen LogP contribution is 2.28. The monoisotopic (exact) mass is 445 g/mol. The van der Waals surface area contributed by atoms with Crippen molar-refractivity contribution in [3.8, 4) is 11.5 Å². The first-order valence-electron chi connectivity index (χ1n) is 10.8. The van der Waals surface area contributed by atoms with E-state index in [1.54, 1.807) is 48.7 Å². The van der Waals surface area contributed by atoms with Crippen molar-refractivity contribution in [2.75, 3.05) is 13.2 Å². The predicted octanol–water partition coefficient (Wildman–Crippen LogP) is 2.57. The molecule has 2 fully saturated rings. The molecule has 33 heavy (non-hydrogen) atoms. The van der Waals surface area contributed by atoms with Crippen LogP contribution in [0.4, 0.5) is 0 Å². The molecule has 0 spiro atoms. The van der Waals surface area contributed by atoms with Gasteiger partial charge in [0.1, 0.15) is 29.4 Å². The zero-order chi connectivity index (χ0) is 22.6. The lowest BCUT2D eigenvalue weighted by molar-refractivity contribution is 0.0628. The third kappa shape index (κ3) is 4.72. The van der Waals surface area contributed by atoms with Crippen LogP contribution in [-0.2, 0) is 9.47 Å². The van der Waals surface area contributed by atoms with Gasteiger partial charge in [-0.25, -0.2) is 0 Å². The van der Waals surface area contributed by atoms with Gasteiger partial charge in [-0.2, -0.15) is 0 Å². The van der Waals surface area contributed by atoms with E-state index in [1.807, 2.05) is 30.3 Å². The molecule has 2 saturated heterocycles. The van der Waals surface area contributed by atoms with Crippen LogP contribution in [0.5, 0.6) is 11.5 Å². The molecule has 168 valence electrons. The number of para-hydroxylation sites is 1. The molecule has 0 unspecified atom stereocenters. The van der Waals surface area contributed by atoms with Crippen LogP contribution >= 0.6 is 0 Å². The van der Waals surface area contributed by atoms with Gasteiger partial charge in [0.2, 0.25) is 0 Å². The molecule has 0 aliphatic carbocycles. The third-order valence-corrected chi connectivity index (χ3v) is 5.66. The van der Waals surface area contributed by atoms with Gasteiger partial charge in [-0.1, -0.05) is 30.3 Å². The Hall–Kier alpha value is -3.75. The van der Waals surface area contributed by atoms with Gasteiger partial charge >= 0.3 is 0 Å². The normalized spacial score (nSPS) is 23.5. The molecular formula is C25H23N3O5. The van der Waals surface area contributed by atoms with Crippen LogP contribution in [0.1, 0.15) is 20.8 Å². The highest BCUT2D eigenvalue weighted by atomic mass is 16.6. The van der Waals surface area contributed by atoms with Crippen molar-refractivity contribution in [3.05, 3.63) is 90.3 Å². The molecule has 8 nitrogen and oxygen atoms in total. The summed E-state index contributed by atoms with van der Waals surface area (Å²) in [7, 11) is 0. The van der Waals surface area contributed by atoms with Crippen LogP contribution in [0.2, 0.25) is 0 Å². The Morgan fingerprint density at radius 1 is 0.788 bits per heavy atom. The third-order valence-electron chi connectivity index (χ3n) is 5.66. The first-order valence-corrected chi connectivity index (χ1v) is 10.8. The minimum atomic E-state index is -0.341. The average molecular weight is 445 g/mol. The molecule has 8 heteroatoms. The number of pyridine rings is 1. The smallest absolute Gasteiger partial charge is 0.270 e. The van der Waals surface area contributed by atoms with Crippen LogP contribution in [0.3, 0.4) is 0 Å². The maximum Gasteiger partial charge on any atom is 0.270 e. The number of nitrogens with one attached hydrogen (secondary N) is 2. The number of aromatic nitrogens is 1. The number of rotatable bonds is 6. The number of nitrogens with zero attached hydrogens (tertiary/aromatic N) is 1. The van der Waals surface area contributed by atoms with Crippen molar-refractivity contribution in [3.63, 3.8) is 0 Å². The van der Waals surface area contributed by atoms with Gasteiger partial charge in [0.15, 0.2) is 0 Å². The van der Waals surface area contributed by atoms with Crippen LogP contribution < -0.4 is 15.4 Å². The molecule has 4 atom stereocenters. The Morgan fingerprint density at radius 2 is 1.45 bits per heavy atom. The summed E-state index contributed by atoms with van der Waals surface area (Å²) >= 11 is 0. The van der Waals surface area contributed by atoms with Crippen molar-refractivity contribution in [1.29, 1.82) is 0 Å². The number of carbonyl (C=O) groups excluding carboxylic acids is 2. The molecular weight excluding hydrogens is 422 g/mol. The quantitative estimate of drug-likeness (QED) is 0.605. The van der Waals surface area contributed by atoms with Crippen LogP contribution in [0.15, 0.2) is 79.0 Å². The second-order valence-corrected chi connectivity index (χ2v) is 7.91. The van der Waals surface area contributed by atoms with Gasteiger partial charge in [-0.3, -0.25) is 14.6 Å². The number of hydrogen-bond donors (Lipinski definition) is 2. The molecule has 3 aromatic rings.